The number of nitrogens with two attached hydrogens (primary N) is 1. The van der Waals surface area contributed by atoms with Crippen LogP contribution in [0.5, 0.6) is 0 Å². The molecule has 14 heavy (non-hydrogen) atoms. The van der Waals surface area contributed by atoms with Crippen LogP contribution in [0.1, 0.15) is 32.3 Å². The van der Waals surface area contributed by atoms with Crippen molar-refractivity contribution in [3.63, 3.8) is 0 Å². The average molecular weight is 193 g/mol. The molecular formula is C11H19N3. The molecule has 0 aliphatic carbocycles. The molecule has 0 spiro atoms. The van der Waals surface area contributed by atoms with Gasteiger partial charge in [-0.15, -0.1) is 0 Å². The summed E-state index contributed by atoms with van der Waals surface area (Å²) in [5.41, 5.74) is 6.95. The highest BCUT2D eigenvalue weighted by molar-refractivity contribution is 5.38. The fourth-order valence-electron chi connectivity index (χ4n) is 1.17. The maximum absolute atomic E-state index is 5.65. The van der Waals surface area contributed by atoms with Gasteiger partial charge >= 0.3 is 0 Å². The number of aromatic nitrogens is 1. The van der Waals surface area contributed by atoms with Gasteiger partial charge in [0.2, 0.25) is 0 Å². The fourth-order valence-corrected chi connectivity index (χ4v) is 1.17. The van der Waals surface area contributed by atoms with E-state index in [4.69, 9.17) is 5.73 Å². The van der Waals surface area contributed by atoms with Gasteiger partial charge in [0.25, 0.3) is 0 Å². The summed E-state index contributed by atoms with van der Waals surface area (Å²) >= 11 is 0. The van der Waals surface area contributed by atoms with E-state index in [1.54, 1.807) is 0 Å². The van der Waals surface area contributed by atoms with E-state index in [-0.39, 0.29) is 6.04 Å². The standard InChI is InChI=1S/C11H19N3/c1-8(2)10-4-5-13-11(6-10)14-7-9(3)12/h4-6,8-9H,7,12H2,1-3H3,(H,13,14). The van der Waals surface area contributed by atoms with Gasteiger partial charge in [-0.3, -0.25) is 0 Å². The summed E-state index contributed by atoms with van der Waals surface area (Å²) < 4.78 is 0. The minimum atomic E-state index is 0.152. The summed E-state index contributed by atoms with van der Waals surface area (Å²) in [4.78, 5) is 4.23. The Hall–Kier alpha value is -1.09. The molecule has 0 saturated carbocycles. The first-order chi connectivity index (χ1) is 6.59. The van der Waals surface area contributed by atoms with Gasteiger partial charge in [0.15, 0.2) is 0 Å². The van der Waals surface area contributed by atoms with Crippen molar-refractivity contribution in [2.75, 3.05) is 11.9 Å². The lowest BCUT2D eigenvalue weighted by molar-refractivity contribution is 0.776. The maximum Gasteiger partial charge on any atom is 0.126 e. The second-order valence-electron chi connectivity index (χ2n) is 3.99. The second kappa shape index (κ2) is 4.96. The van der Waals surface area contributed by atoms with E-state index in [9.17, 15) is 0 Å². The zero-order chi connectivity index (χ0) is 10.6. The van der Waals surface area contributed by atoms with Crippen molar-refractivity contribution in [3.8, 4) is 0 Å². The minimum absolute atomic E-state index is 0.152. The molecular weight excluding hydrogens is 174 g/mol. The van der Waals surface area contributed by atoms with Gasteiger partial charge in [0.05, 0.1) is 0 Å². The van der Waals surface area contributed by atoms with E-state index < -0.39 is 0 Å². The van der Waals surface area contributed by atoms with Crippen LogP contribution >= 0.6 is 0 Å². The van der Waals surface area contributed by atoms with Crippen LogP contribution < -0.4 is 11.1 Å². The summed E-state index contributed by atoms with van der Waals surface area (Å²) in [6.07, 6.45) is 1.83. The molecule has 0 aliphatic heterocycles. The van der Waals surface area contributed by atoms with Crippen LogP contribution in [0.15, 0.2) is 18.3 Å². The molecule has 0 amide bonds. The number of anilines is 1. The van der Waals surface area contributed by atoms with Crippen molar-refractivity contribution in [1.82, 2.24) is 4.98 Å². The van der Waals surface area contributed by atoms with Crippen LogP contribution in [0.3, 0.4) is 0 Å². The highest BCUT2D eigenvalue weighted by atomic mass is 15.0. The lowest BCUT2D eigenvalue weighted by Crippen LogP contribution is -2.25. The predicted octanol–water partition coefficient (Wildman–Crippen LogP) is 1.96. The molecule has 0 bridgehead atoms. The van der Waals surface area contributed by atoms with Crippen LogP contribution in [-0.4, -0.2) is 17.6 Å². The Kier molecular flexibility index (Phi) is 3.89. The molecule has 3 N–H and O–H groups in total. The predicted molar refractivity (Wildman–Crippen MR) is 60.5 cm³/mol. The van der Waals surface area contributed by atoms with E-state index in [1.807, 2.05) is 19.2 Å². The van der Waals surface area contributed by atoms with Gasteiger partial charge in [-0.2, -0.15) is 0 Å². The highest BCUT2D eigenvalue weighted by Crippen LogP contribution is 2.16. The molecule has 1 atom stereocenters. The molecule has 3 heteroatoms. The number of nitrogens with zero attached hydrogens (tertiary/aromatic N) is 1. The third-order valence-electron chi connectivity index (χ3n) is 2.06. The zero-order valence-electron chi connectivity index (χ0n) is 9.12. The van der Waals surface area contributed by atoms with Gasteiger partial charge < -0.3 is 11.1 Å². The van der Waals surface area contributed by atoms with Crippen LogP contribution in [0, 0.1) is 0 Å². The number of pyridine rings is 1. The molecule has 0 aliphatic rings. The van der Waals surface area contributed by atoms with E-state index in [1.165, 1.54) is 5.56 Å². The number of hydrogen-bond donors (Lipinski definition) is 2. The van der Waals surface area contributed by atoms with Gasteiger partial charge in [-0.05, 0) is 30.5 Å². The van der Waals surface area contributed by atoms with Gasteiger partial charge in [-0.1, -0.05) is 13.8 Å². The summed E-state index contributed by atoms with van der Waals surface area (Å²) in [5, 5.41) is 3.20. The van der Waals surface area contributed by atoms with Crippen LogP contribution in [0.2, 0.25) is 0 Å². The van der Waals surface area contributed by atoms with Crippen molar-refractivity contribution in [2.24, 2.45) is 5.73 Å². The highest BCUT2D eigenvalue weighted by Gasteiger charge is 2.01. The Morgan fingerprint density at radius 2 is 2.14 bits per heavy atom. The monoisotopic (exact) mass is 193 g/mol. The molecule has 1 aromatic heterocycles. The van der Waals surface area contributed by atoms with Crippen molar-refractivity contribution in [1.29, 1.82) is 0 Å². The Balaban J connectivity index is 2.64. The molecule has 1 unspecified atom stereocenters. The lowest BCUT2D eigenvalue weighted by Gasteiger charge is -2.10. The molecule has 1 rings (SSSR count). The van der Waals surface area contributed by atoms with Crippen LogP contribution in [0.25, 0.3) is 0 Å². The van der Waals surface area contributed by atoms with E-state index in [2.05, 4.69) is 30.2 Å². The molecule has 1 heterocycles. The summed E-state index contributed by atoms with van der Waals surface area (Å²) in [7, 11) is 0. The van der Waals surface area contributed by atoms with Crippen molar-refractivity contribution >= 4 is 5.82 Å². The quantitative estimate of drug-likeness (QED) is 0.768. The first-order valence-electron chi connectivity index (χ1n) is 5.05. The van der Waals surface area contributed by atoms with E-state index in [0.29, 0.717) is 5.92 Å². The largest absolute Gasteiger partial charge is 0.369 e. The van der Waals surface area contributed by atoms with Crippen molar-refractivity contribution < 1.29 is 0 Å². The third-order valence-corrected chi connectivity index (χ3v) is 2.06. The smallest absolute Gasteiger partial charge is 0.126 e. The molecule has 0 fully saturated rings. The number of hydrogen-bond acceptors (Lipinski definition) is 3. The first-order valence-corrected chi connectivity index (χ1v) is 5.05. The Morgan fingerprint density at radius 3 is 2.71 bits per heavy atom. The van der Waals surface area contributed by atoms with E-state index in [0.717, 1.165) is 12.4 Å². The van der Waals surface area contributed by atoms with Crippen LogP contribution in [-0.2, 0) is 0 Å². The van der Waals surface area contributed by atoms with E-state index >= 15 is 0 Å². The summed E-state index contributed by atoms with van der Waals surface area (Å²) in [6, 6.07) is 4.27. The second-order valence-corrected chi connectivity index (χ2v) is 3.99. The molecule has 3 nitrogen and oxygen atoms in total. The zero-order valence-corrected chi connectivity index (χ0v) is 9.12. The lowest BCUT2D eigenvalue weighted by atomic mass is 10.1. The number of nitrogens with one attached hydrogen (secondary N) is 1. The summed E-state index contributed by atoms with van der Waals surface area (Å²) in [5.74, 6) is 1.45. The minimum Gasteiger partial charge on any atom is -0.369 e. The molecule has 1 aromatic rings. The average Bonchev–Trinajstić information content (AvgIpc) is 2.15. The fraction of sp³-hybridized carbons (Fsp3) is 0.545. The maximum atomic E-state index is 5.65. The van der Waals surface area contributed by atoms with Gasteiger partial charge in [0, 0.05) is 18.8 Å². The molecule has 0 aromatic carbocycles. The molecule has 78 valence electrons. The SMILES string of the molecule is CC(N)CNc1cc(C(C)C)ccn1. The topological polar surface area (TPSA) is 50.9 Å². The van der Waals surface area contributed by atoms with Crippen molar-refractivity contribution in [3.05, 3.63) is 23.9 Å². The van der Waals surface area contributed by atoms with Gasteiger partial charge in [0.1, 0.15) is 5.82 Å². The Labute approximate surface area is 85.7 Å². The normalized spacial score (nSPS) is 12.9. The third kappa shape index (κ3) is 3.34. The Bertz CT molecular complexity index is 282. The Morgan fingerprint density at radius 1 is 1.43 bits per heavy atom. The first kappa shape index (κ1) is 11.0. The molecule has 0 saturated heterocycles. The summed E-state index contributed by atoms with van der Waals surface area (Å²) in [6.45, 7) is 7.07. The van der Waals surface area contributed by atoms with Crippen LogP contribution in [0.4, 0.5) is 5.82 Å². The van der Waals surface area contributed by atoms with Gasteiger partial charge in [-0.25, -0.2) is 4.98 Å². The number of rotatable bonds is 4. The van der Waals surface area contributed by atoms with Crippen molar-refractivity contribution in [2.45, 2.75) is 32.7 Å². The molecule has 0 radical (unpaired) electrons.